The Morgan fingerprint density at radius 1 is 1.43 bits per heavy atom. The molecule has 21 heavy (non-hydrogen) atoms. The van der Waals surface area contributed by atoms with Crippen molar-refractivity contribution >= 4 is 22.2 Å². The predicted molar refractivity (Wildman–Crippen MR) is 85.2 cm³/mol. The van der Waals surface area contributed by atoms with Gasteiger partial charge >= 0.3 is 0 Å². The Bertz CT molecular complexity index is 642. The van der Waals surface area contributed by atoms with Gasteiger partial charge in [0.15, 0.2) is 0 Å². The highest BCUT2D eigenvalue weighted by Crippen LogP contribution is 2.29. The molecule has 1 aliphatic rings. The van der Waals surface area contributed by atoms with E-state index in [1.165, 1.54) is 11.3 Å². The summed E-state index contributed by atoms with van der Waals surface area (Å²) in [6.07, 6.45) is 2.37. The number of benzene rings is 1. The van der Waals surface area contributed by atoms with Crippen LogP contribution >= 0.6 is 11.3 Å². The van der Waals surface area contributed by atoms with E-state index < -0.39 is 5.54 Å². The molecule has 1 atom stereocenters. The standard InChI is InChI=1S/C15H18N4OS/c1-19-8-7-15(16,10-19)14(20)18-12-9-17-13(21-12)11-5-3-2-4-6-11/h2-6,9H,7-8,10,16H2,1H3,(H,18,20). The number of amides is 1. The largest absolute Gasteiger partial charge is 0.316 e. The third kappa shape index (κ3) is 2.97. The number of thiazole rings is 1. The van der Waals surface area contributed by atoms with Gasteiger partial charge in [0.05, 0.1) is 6.20 Å². The second-order valence-corrected chi connectivity index (χ2v) is 6.52. The highest BCUT2D eigenvalue weighted by Gasteiger charge is 2.39. The fourth-order valence-corrected chi connectivity index (χ4v) is 3.31. The summed E-state index contributed by atoms with van der Waals surface area (Å²) in [4.78, 5) is 18.8. The molecule has 0 bridgehead atoms. The van der Waals surface area contributed by atoms with Gasteiger partial charge in [-0.05, 0) is 13.5 Å². The van der Waals surface area contributed by atoms with Gasteiger partial charge in [0.2, 0.25) is 5.91 Å². The van der Waals surface area contributed by atoms with E-state index in [4.69, 9.17) is 5.73 Å². The van der Waals surface area contributed by atoms with Crippen LogP contribution in [0.4, 0.5) is 5.00 Å². The van der Waals surface area contributed by atoms with Crippen LogP contribution in [-0.2, 0) is 4.79 Å². The Hall–Kier alpha value is -1.76. The summed E-state index contributed by atoms with van der Waals surface area (Å²) in [6.45, 7) is 1.44. The van der Waals surface area contributed by atoms with Gasteiger partial charge in [0.25, 0.3) is 0 Å². The summed E-state index contributed by atoms with van der Waals surface area (Å²) in [6, 6.07) is 9.91. The molecule has 3 rings (SSSR count). The molecule has 1 aromatic carbocycles. The Morgan fingerprint density at radius 2 is 2.19 bits per heavy atom. The Labute approximate surface area is 127 Å². The van der Waals surface area contributed by atoms with Crippen LogP contribution in [0.3, 0.4) is 0 Å². The molecule has 1 aromatic heterocycles. The summed E-state index contributed by atoms with van der Waals surface area (Å²) in [7, 11) is 1.97. The molecule has 3 N–H and O–H groups in total. The van der Waals surface area contributed by atoms with Gasteiger partial charge < -0.3 is 16.0 Å². The summed E-state index contributed by atoms with van der Waals surface area (Å²) >= 11 is 1.46. The molecular formula is C15H18N4OS. The van der Waals surface area contributed by atoms with E-state index >= 15 is 0 Å². The number of likely N-dealkylation sites (tertiary alicyclic amines) is 1. The van der Waals surface area contributed by atoms with Crippen LogP contribution in [0.25, 0.3) is 10.6 Å². The summed E-state index contributed by atoms with van der Waals surface area (Å²) < 4.78 is 0. The highest BCUT2D eigenvalue weighted by atomic mass is 32.1. The van der Waals surface area contributed by atoms with E-state index in [0.717, 1.165) is 22.1 Å². The van der Waals surface area contributed by atoms with Crippen LogP contribution in [0.2, 0.25) is 0 Å². The minimum absolute atomic E-state index is 0.130. The van der Waals surface area contributed by atoms with E-state index in [-0.39, 0.29) is 5.91 Å². The van der Waals surface area contributed by atoms with Gasteiger partial charge in [-0.15, -0.1) is 0 Å². The zero-order chi connectivity index (χ0) is 14.9. The van der Waals surface area contributed by atoms with Crippen molar-refractivity contribution in [1.82, 2.24) is 9.88 Å². The van der Waals surface area contributed by atoms with Crippen molar-refractivity contribution in [3.63, 3.8) is 0 Å². The van der Waals surface area contributed by atoms with E-state index in [0.29, 0.717) is 13.0 Å². The SMILES string of the molecule is CN1CCC(N)(C(=O)Nc2cnc(-c3ccccc3)s2)C1. The van der Waals surface area contributed by atoms with Crippen molar-refractivity contribution in [2.24, 2.45) is 5.73 Å². The number of hydrogen-bond donors (Lipinski definition) is 2. The first-order chi connectivity index (χ1) is 10.1. The summed E-state index contributed by atoms with van der Waals surface area (Å²) in [5, 5.41) is 4.52. The lowest BCUT2D eigenvalue weighted by Gasteiger charge is -2.21. The Kier molecular flexibility index (Phi) is 3.75. The number of likely N-dealkylation sites (N-methyl/N-ethyl adjacent to an activating group) is 1. The minimum Gasteiger partial charge on any atom is -0.316 e. The normalized spacial score (nSPS) is 22.4. The molecule has 2 heterocycles. The van der Waals surface area contributed by atoms with E-state index in [9.17, 15) is 4.79 Å². The molecule has 6 heteroatoms. The van der Waals surface area contributed by atoms with Crippen molar-refractivity contribution in [3.05, 3.63) is 36.5 Å². The number of anilines is 1. The maximum absolute atomic E-state index is 12.3. The number of aromatic nitrogens is 1. The first-order valence-corrected chi connectivity index (χ1v) is 7.69. The highest BCUT2D eigenvalue weighted by molar-refractivity contribution is 7.19. The van der Waals surface area contributed by atoms with Crippen LogP contribution in [0.5, 0.6) is 0 Å². The molecule has 0 aliphatic carbocycles. The van der Waals surface area contributed by atoms with Crippen LogP contribution < -0.4 is 11.1 Å². The van der Waals surface area contributed by atoms with Gasteiger partial charge in [0.1, 0.15) is 15.5 Å². The first-order valence-electron chi connectivity index (χ1n) is 6.87. The van der Waals surface area contributed by atoms with E-state index in [1.807, 2.05) is 37.4 Å². The zero-order valence-electron chi connectivity index (χ0n) is 11.9. The van der Waals surface area contributed by atoms with Crippen molar-refractivity contribution < 1.29 is 4.79 Å². The number of carbonyl (C=O) groups is 1. The smallest absolute Gasteiger partial charge is 0.246 e. The number of nitrogens with two attached hydrogens (primary N) is 1. The first kappa shape index (κ1) is 14.2. The van der Waals surface area contributed by atoms with E-state index in [1.54, 1.807) is 6.20 Å². The maximum atomic E-state index is 12.3. The second-order valence-electron chi connectivity index (χ2n) is 5.49. The van der Waals surface area contributed by atoms with Gasteiger partial charge in [-0.3, -0.25) is 4.79 Å². The topological polar surface area (TPSA) is 71.2 Å². The van der Waals surface area contributed by atoms with Gasteiger partial charge in [0, 0.05) is 18.7 Å². The van der Waals surface area contributed by atoms with Gasteiger partial charge in [-0.1, -0.05) is 41.7 Å². The number of rotatable bonds is 3. The predicted octanol–water partition coefficient (Wildman–Crippen LogP) is 1.78. The number of nitrogens with one attached hydrogen (secondary N) is 1. The molecular weight excluding hydrogens is 284 g/mol. The fourth-order valence-electron chi connectivity index (χ4n) is 2.50. The van der Waals surface area contributed by atoms with Crippen LogP contribution in [0.15, 0.2) is 36.5 Å². The van der Waals surface area contributed by atoms with Gasteiger partial charge in [-0.25, -0.2) is 4.98 Å². The van der Waals surface area contributed by atoms with Crippen molar-refractivity contribution in [3.8, 4) is 10.6 Å². The molecule has 0 radical (unpaired) electrons. The minimum atomic E-state index is -0.800. The van der Waals surface area contributed by atoms with Crippen LogP contribution in [0.1, 0.15) is 6.42 Å². The molecule has 110 valence electrons. The lowest BCUT2D eigenvalue weighted by atomic mass is 9.99. The summed E-state index contributed by atoms with van der Waals surface area (Å²) in [5.74, 6) is -0.130. The molecule has 1 saturated heterocycles. The van der Waals surface area contributed by atoms with E-state index in [2.05, 4.69) is 15.2 Å². The molecule has 1 amide bonds. The maximum Gasteiger partial charge on any atom is 0.246 e. The summed E-state index contributed by atoms with van der Waals surface area (Å²) in [5.41, 5.74) is 6.44. The Balaban J connectivity index is 1.72. The average molecular weight is 302 g/mol. The molecule has 5 nitrogen and oxygen atoms in total. The molecule has 0 spiro atoms. The van der Waals surface area contributed by atoms with Crippen molar-refractivity contribution in [2.75, 3.05) is 25.5 Å². The van der Waals surface area contributed by atoms with Crippen LogP contribution in [0, 0.1) is 0 Å². The Morgan fingerprint density at radius 3 is 2.86 bits per heavy atom. The molecule has 2 aromatic rings. The van der Waals surface area contributed by atoms with Crippen LogP contribution in [-0.4, -0.2) is 41.5 Å². The molecule has 1 aliphatic heterocycles. The zero-order valence-corrected chi connectivity index (χ0v) is 12.7. The van der Waals surface area contributed by atoms with Crippen molar-refractivity contribution in [2.45, 2.75) is 12.0 Å². The van der Waals surface area contributed by atoms with Gasteiger partial charge in [-0.2, -0.15) is 0 Å². The molecule has 0 saturated carbocycles. The molecule has 1 unspecified atom stereocenters. The lowest BCUT2D eigenvalue weighted by molar-refractivity contribution is -0.120. The number of carbonyl (C=O) groups excluding carboxylic acids is 1. The fraction of sp³-hybridized carbons (Fsp3) is 0.333. The number of hydrogen-bond acceptors (Lipinski definition) is 5. The van der Waals surface area contributed by atoms with Crippen molar-refractivity contribution in [1.29, 1.82) is 0 Å². The lowest BCUT2D eigenvalue weighted by Crippen LogP contribution is -2.52. The number of nitrogens with zero attached hydrogens (tertiary/aromatic N) is 2. The monoisotopic (exact) mass is 302 g/mol. The second kappa shape index (κ2) is 5.55. The quantitative estimate of drug-likeness (QED) is 0.906. The third-order valence-corrected chi connectivity index (χ3v) is 4.67. The molecule has 1 fully saturated rings. The average Bonchev–Trinajstić information content (AvgIpc) is 3.08. The third-order valence-electron chi connectivity index (χ3n) is 3.71.